The van der Waals surface area contributed by atoms with Crippen molar-refractivity contribution >= 4 is 26.8 Å². The Morgan fingerprint density at radius 1 is 1.03 bits per heavy atom. The number of hydrogen-bond acceptors (Lipinski definition) is 4. The first-order chi connectivity index (χ1) is 15.7. The van der Waals surface area contributed by atoms with Gasteiger partial charge in [-0.1, -0.05) is 39.5 Å². The van der Waals surface area contributed by atoms with Crippen molar-refractivity contribution in [2.45, 2.75) is 69.7 Å². The van der Waals surface area contributed by atoms with Gasteiger partial charge in [0.25, 0.3) is 5.91 Å². The number of nitrogens with zero attached hydrogens (tertiary/aromatic N) is 2. The van der Waals surface area contributed by atoms with Crippen LogP contribution in [0.3, 0.4) is 0 Å². The van der Waals surface area contributed by atoms with Crippen LogP contribution in [0.1, 0.15) is 69.2 Å². The first-order valence-corrected chi connectivity index (χ1v) is 13.6. The molecular weight excluding hydrogens is 438 g/mol. The molecule has 2 heterocycles. The fourth-order valence-corrected chi connectivity index (χ4v) is 6.80. The zero-order chi connectivity index (χ0) is 23.8. The van der Waals surface area contributed by atoms with Gasteiger partial charge in [0.05, 0.1) is 10.4 Å². The summed E-state index contributed by atoms with van der Waals surface area (Å²) in [6, 6.07) is 4.71. The lowest BCUT2D eigenvalue weighted by Crippen LogP contribution is -2.45. The van der Waals surface area contributed by atoms with E-state index < -0.39 is 15.5 Å². The van der Waals surface area contributed by atoms with Crippen LogP contribution in [0.5, 0.6) is 0 Å². The maximum Gasteiger partial charge on any atom is 0.256 e. The molecule has 33 heavy (non-hydrogen) atoms. The molecule has 7 nitrogen and oxygen atoms in total. The number of rotatable bonds is 4. The van der Waals surface area contributed by atoms with Crippen molar-refractivity contribution in [2.75, 3.05) is 13.1 Å². The van der Waals surface area contributed by atoms with Crippen molar-refractivity contribution < 1.29 is 13.2 Å². The topological polar surface area (TPSA) is 88.5 Å². The number of pyridine rings is 1. The lowest BCUT2D eigenvalue weighted by Gasteiger charge is -2.34. The SMILES string of the molecule is CC1CCCC(NC(=O)c2cn(C)c3ccc(S(=O)(=O)N4CCCCCC4)cc3c2=O)C1C. The summed E-state index contributed by atoms with van der Waals surface area (Å²) in [7, 11) is -1.92. The Labute approximate surface area is 196 Å². The molecule has 1 aromatic heterocycles. The molecule has 3 unspecified atom stereocenters. The molecule has 1 aliphatic carbocycles. The number of fused-ring (bicyclic) bond motifs is 1. The number of sulfonamides is 1. The van der Waals surface area contributed by atoms with E-state index in [1.807, 2.05) is 0 Å². The van der Waals surface area contributed by atoms with Crippen LogP contribution in [-0.2, 0) is 17.1 Å². The first kappa shape index (κ1) is 24.0. The van der Waals surface area contributed by atoms with Crippen LogP contribution in [0, 0.1) is 11.8 Å². The predicted molar refractivity (Wildman–Crippen MR) is 130 cm³/mol. The molecule has 1 saturated carbocycles. The third-order valence-electron chi connectivity index (χ3n) is 7.63. The highest BCUT2D eigenvalue weighted by atomic mass is 32.2. The molecule has 180 valence electrons. The Balaban J connectivity index is 1.69. The number of aromatic nitrogens is 1. The van der Waals surface area contributed by atoms with E-state index in [4.69, 9.17) is 0 Å². The second kappa shape index (κ2) is 9.58. The first-order valence-electron chi connectivity index (χ1n) is 12.1. The van der Waals surface area contributed by atoms with Crippen LogP contribution >= 0.6 is 0 Å². The summed E-state index contributed by atoms with van der Waals surface area (Å²) < 4.78 is 29.8. The van der Waals surface area contributed by atoms with E-state index in [1.54, 1.807) is 29.9 Å². The summed E-state index contributed by atoms with van der Waals surface area (Å²) in [5.41, 5.74) is 0.232. The fourth-order valence-electron chi connectivity index (χ4n) is 5.26. The largest absolute Gasteiger partial charge is 0.350 e. The third-order valence-corrected chi connectivity index (χ3v) is 9.53. The van der Waals surface area contributed by atoms with Crippen molar-refractivity contribution in [3.63, 3.8) is 0 Å². The maximum atomic E-state index is 13.3. The number of amides is 1. The van der Waals surface area contributed by atoms with Gasteiger partial charge in [0, 0.05) is 37.8 Å². The van der Waals surface area contributed by atoms with E-state index in [0.717, 1.165) is 44.9 Å². The standard InChI is InChI=1S/C25H35N3O4S/c1-17-9-8-10-22(18(17)2)26-25(30)21-16-27(3)23-12-11-19(15-20(23)24(21)29)33(31,32)28-13-6-4-5-7-14-28/h11-12,15-18,22H,4-10,13-14H2,1-3H3,(H,26,30). The molecule has 1 N–H and O–H groups in total. The van der Waals surface area contributed by atoms with Gasteiger partial charge in [0.1, 0.15) is 5.56 Å². The third kappa shape index (κ3) is 4.73. The van der Waals surface area contributed by atoms with Crippen molar-refractivity contribution in [1.29, 1.82) is 0 Å². The van der Waals surface area contributed by atoms with E-state index in [1.165, 1.54) is 10.4 Å². The van der Waals surface area contributed by atoms with Gasteiger partial charge in [-0.2, -0.15) is 4.31 Å². The zero-order valence-corrected chi connectivity index (χ0v) is 20.7. The van der Waals surface area contributed by atoms with Crippen LogP contribution in [0.15, 0.2) is 34.1 Å². The monoisotopic (exact) mass is 473 g/mol. The summed E-state index contributed by atoms with van der Waals surface area (Å²) in [6.45, 7) is 5.34. The van der Waals surface area contributed by atoms with Gasteiger partial charge in [-0.15, -0.1) is 0 Å². The highest BCUT2D eigenvalue weighted by molar-refractivity contribution is 7.89. The zero-order valence-electron chi connectivity index (χ0n) is 19.8. The molecule has 1 saturated heterocycles. The Morgan fingerprint density at radius 2 is 1.73 bits per heavy atom. The number of hydrogen-bond donors (Lipinski definition) is 1. The Kier molecular flexibility index (Phi) is 6.96. The number of aryl methyl sites for hydroxylation is 1. The average Bonchev–Trinajstić information content (AvgIpc) is 3.09. The van der Waals surface area contributed by atoms with Crippen LogP contribution in [0.25, 0.3) is 10.9 Å². The Hall–Kier alpha value is -2.19. The second-order valence-electron chi connectivity index (χ2n) is 9.83. The molecule has 3 atom stereocenters. The molecular formula is C25H35N3O4S. The molecule has 0 radical (unpaired) electrons. The summed E-state index contributed by atoms with van der Waals surface area (Å²) in [6.07, 6.45) is 8.42. The average molecular weight is 474 g/mol. The van der Waals surface area contributed by atoms with E-state index in [9.17, 15) is 18.0 Å². The van der Waals surface area contributed by atoms with E-state index >= 15 is 0 Å². The normalized spacial score (nSPS) is 25.0. The number of benzene rings is 1. The molecule has 0 bridgehead atoms. The van der Waals surface area contributed by atoms with Crippen LogP contribution < -0.4 is 10.7 Å². The second-order valence-corrected chi connectivity index (χ2v) is 11.8. The summed E-state index contributed by atoms with van der Waals surface area (Å²) in [5.74, 6) is 0.483. The van der Waals surface area contributed by atoms with Crippen LogP contribution in [-0.4, -0.2) is 42.3 Å². The molecule has 0 spiro atoms. The predicted octanol–water partition coefficient (Wildman–Crippen LogP) is 3.66. The number of carbonyl (C=O) groups excluding carboxylic acids is 1. The maximum absolute atomic E-state index is 13.3. The van der Waals surface area contributed by atoms with Crippen LogP contribution in [0.2, 0.25) is 0 Å². The molecule has 2 aromatic rings. The summed E-state index contributed by atoms with van der Waals surface area (Å²) in [5, 5.41) is 3.33. The van der Waals surface area contributed by atoms with Crippen LogP contribution in [0.4, 0.5) is 0 Å². The number of nitrogens with one attached hydrogen (secondary N) is 1. The van der Waals surface area contributed by atoms with Crippen molar-refractivity contribution in [2.24, 2.45) is 18.9 Å². The van der Waals surface area contributed by atoms with Gasteiger partial charge in [-0.25, -0.2) is 8.42 Å². The minimum Gasteiger partial charge on any atom is -0.350 e. The smallest absolute Gasteiger partial charge is 0.256 e. The molecule has 1 aromatic carbocycles. The Bertz CT molecular complexity index is 1200. The summed E-state index contributed by atoms with van der Waals surface area (Å²) >= 11 is 0. The molecule has 2 aliphatic rings. The Morgan fingerprint density at radius 3 is 2.42 bits per heavy atom. The molecule has 2 fully saturated rings. The fraction of sp³-hybridized carbons (Fsp3) is 0.600. The number of carbonyl (C=O) groups is 1. The van der Waals surface area contributed by atoms with E-state index in [0.29, 0.717) is 30.4 Å². The highest BCUT2D eigenvalue weighted by Gasteiger charge is 2.30. The minimum absolute atomic E-state index is 0.0383. The van der Waals surface area contributed by atoms with Gasteiger partial charge in [0.15, 0.2) is 0 Å². The van der Waals surface area contributed by atoms with Crippen molar-refractivity contribution in [3.05, 3.63) is 40.2 Å². The molecule has 4 rings (SSSR count). The molecule has 8 heteroatoms. The van der Waals surface area contributed by atoms with Gasteiger partial charge in [-0.3, -0.25) is 9.59 Å². The van der Waals surface area contributed by atoms with Gasteiger partial charge in [0.2, 0.25) is 15.5 Å². The summed E-state index contributed by atoms with van der Waals surface area (Å²) in [4.78, 5) is 26.5. The molecule has 1 amide bonds. The lowest BCUT2D eigenvalue weighted by molar-refractivity contribution is 0.0889. The van der Waals surface area contributed by atoms with E-state index in [2.05, 4.69) is 19.2 Å². The molecule has 1 aliphatic heterocycles. The van der Waals surface area contributed by atoms with Gasteiger partial charge in [-0.05, 0) is 49.3 Å². The quantitative estimate of drug-likeness (QED) is 0.734. The van der Waals surface area contributed by atoms with Crippen molar-refractivity contribution in [1.82, 2.24) is 14.2 Å². The van der Waals surface area contributed by atoms with Gasteiger partial charge >= 0.3 is 0 Å². The minimum atomic E-state index is -3.69. The van der Waals surface area contributed by atoms with E-state index in [-0.39, 0.29) is 27.8 Å². The highest BCUT2D eigenvalue weighted by Crippen LogP contribution is 2.29. The van der Waals surface area contributed by atoms with Gasteiger partial charge < -0.3 is 9.88 Å². The van der Waals surface area contributed by atoms with Crippen molar-refractivity contribution in [3.8, 4) is 0 Å². The lowest BCUT2D eigenvalue weighted by atomic mass is 9.78.